The van der Waals surface area contributed by atoms with E-state index in [1.807, 2.05) is 64.1 Å². The minimum Gasteiger partial charge on any atom is -0.340 e. The fourth-order valence-corrected chi connectivity index (χ4v) is 6.16. The molecule has 0 saturated carbocycles. The van der Waals surface area contributed by atoms with Crippen LogP contribution in [-0.4, -0.2) is 26.9 Å². The molecule has 2 aromatic carbocycles. The van der Waals surface area contributed by atoms with Crippen molar-refractivity contribution in [2.45, 2.75) is 18.1 Å². The lowest BCUT2D eigenvalue weighted by molar-refractivity contribution is -0.116. The summed E-state index contributed by atoms with van der Waals surface area (Å²) in [4.78, 5) is 21.0. The zero-order chi connectivity index (χ0) is 18.6. The number of aromatic nitrogens is 2. The van der Waals surface area contributed by atoms with Gasteiger partial charge in [0.1, 0.15) is 12.1 Å². The highest BCUT2D eigenvalue weighted by atomic mass is 79.9. The van der Waals surface area contributed by atoms with Crippen LogP contribution in [0.15, 0.2) is 53.3 Å². The van der Waals surface area contributed by atoms with Crippen molar-refractivity contribution in [2.75, 3.05) is 16.4 Å². The lowest BCUT2D eigenvalue weighted by atomic mass is 10.2. The number of nitrogens with one attached hydrogen (secondary N) is 2. The Labute approximate surface area is 173 Å². The van der Waals surface area contributed by atoms with Crippen molar-refractivity contribution < 1.29 is 4.79 Å². The molecule has 27 heavy (non-hydrogen) atoms. The first kappa shape index (κ1) is 18.6. The molecule has 1 aliphatic rings. The summed E-state index contributed by atoms with van der Waals surface area (Å²) in [7, 11) is 3.66. The SMILES string of the molecule is O=C(CC1CCSS1)Nc1ccc2ncnc(Nc3cccc(Br)c3)c2c1. The molecule has 1 fully saturated rings. The van der Waals surface area contributed by atoms with Crippen LogP contribution in [-0.2, 0) is 4.79 Å². The van der Waals surface area contributed by atoms with Gasteiger partial charge in [0.05, 0.1) is 5.52 Å². The molecular formula is C19H17BrN4OS2. The molecular weight excluding hydrogens is 444 g/mol. The fourth-order valence-electron chi connectivity index (χ4n) is 2.86. The summed E-state index contributed by atoms with van der Waals surface area (Å²) in [5.41, 5.74) is 2.51. The fraction of sp³-hybridized carbons (Fsp3) is 0.211. The van der Waals surface area contributed by atoms with E-state index >= 15 is 0 Å². The van der Waals surface area contributed by atoms with Crippen LogP contribution in [0.1, 0.15) is 12.8 Å². The van der Waals surface area contributed by atoms with Gasteiger partial charge in [-0.15, -0.1) is 0 Å². The molecule has 3 aromatic rings. The molecule has 4 rings (SSSR count). The first-order chi connectivity index (χ1) is 13.2. The largest absolute Gasteiger partial charge is 0.340 e. The van der Waals surface area contributed by atoms with Gasteiger partial charge in [-0.1, -0.05) is 43.6 Å². The number of benzene rings is 2. The number of hydrogen-bond donors (Lipinski definition) is 2. The van der Waals surface area contributed by atoms with E-state index in [0.29, 0.717) is 17.5 Å². The number of anilines is 3. The highest BCUT2D eigenvalue weighted by molar-refractivity contribution is 9.10. The van der Waals surface area contributed by atoms with E-state index in [-0.39, 0.29) is 5.91 Å². The average molecular weight is 461 g/mol. The van der Waals surface area contributed by atoms with Gasteiger partial charge in [0.2, 0.25) is 5.91 Å². The number of nitrogens with zero attached hydrogens (tertiary/aromatic N) is 2. The van der Waals surface area contributed by atoms with Crippen LogP contribution in [0.2, 0.25) is 0 Å². The van der Waals surface area contributed by atoms with Gasteiger partial charge in [-0.25, -0.2) is 9.97 Å². The summed E-state index contributed by atoms with van der Waals surface area (Å²) in [6, 6.07) is 13.6. The van der Waals surface area contributed by atoms with Crippen LogP contribution < -0.4 is 10.6 Å². The molecule has 1 amide bonds. The van der Waals surface area contributed by atoms with Crippen LogP contribution in [0.25, 0.3) is 10.9 Å². The quantitative estimate of drug-likeness (QED) is 0.481. The Morgan fingerprint density at radius 2 is 2.11 bits per heavy atom. The summed E-state index contributed by atoms with van der Waals surface area (Å²) in [6.45, 7) is 0. The molecule has 0 spiro atoms. The van der Waals surface area contributed by atoms with E-state index in [1.165, 1.54) is 6.33 Å². The van der Waals surface area contributed by atoms with E-state index in [1.54, 1.807) is 0 Å². The van der Waals surface area contributed by atoms with Gasteiger partial charge in [-0.2, -0.15) is 0 Å². The van der Waals surface area contributed by atoms with Gasteiger partial charge in [0.15, 0.2) is 0 Å². The van der Waals surface area contributed by atoms with E-state index in [9.17, 15) is 4.79 Å². The van der Waals surface area contributed by atoms with Gasteiger partial charge in [0.25, 0.3) is 0 Å². The van der Waals surface area contributed by atoms with E-state index in [2.05, 4.69) is 36.5 Å². The van der Waals surface area contributed by atoms with Crippen molar-refractivity contribution in [3.8, 4) is 0 Å². The van der Waals surface area contributed by atoms with E-state index < -0.39 is 0 Å². The molecule has 1 atom stereocenters. The van der Waals surface area contributed by atoms with Gasteiger partial charge in [0, 0.05) is 38.7 Å². The minimum absolute atomic E-state index is 0.0488. The van der Waals surface area contributed by atoms with E-state index in [0.717, 1.165) is 38.9 Å². The number of carbonyl (C=O) groups excluding carboxylic acids is 1. The number of rotatable bonds is 5. The summed E-state index contributed by atoms with van der Waals surface area (Å²) in [5, 5.41) is 7.61. The third kappa shape index (κ3) is 4.75. The maximum absolute atomic E-state index is 12.3. The Balaban J connectivity index is 1.56. The monoisotopic (exact) mass is 460 g/mol. The number of hydrogen-bond acceptors (Lipinski definition) is 6. The zero-order valence-electron chi connectivity index (χ0n) is 14.3. The lowest BCUT2D eigenvalue weighted by Gasteiger charge is -2.11. The second-order valence-corrected chi connectivity index (χ2v) is 9.87. The molecule has 1 aliphatic heterocycles. The lowest BCUT2D eigenvalue weighted by Crippen LogP contribution is -2.16. The van der Waals surface area contributed by atoms with Crippen molar-refractivity contribution in [1.29, 1.82) is 0 Å². The van der Waals surface area contributed by atoms with Gasteiger partial charge in [-0.05, 0) is 42.8 Å². The Hall–Kier alpha value is -1.77. The molecule has 8 heteroatoms. The minimum atomic E-state index is 0.0488. The third-order valence-electron chi connectivity index (χ3n) is 4.15. The molecule has 5 nitrogen and oxygen atoms in total. The molecule has 2 heterocycles. The highest BCUT2D eigenvalue weighted by Gasteiger charge is 2.20. The third-order valence-corrected chi connectivity index (χ3v) is 7.58. The predicted molar refractivity (Wildman–Crippen MR) is 119 cm³/mol. The van der Waals surface area contributed by atoms with Crippen molar-refractivity contribution in [2.24, 2.45) is 0 Å². The Morgan fingerprint density at radius 1 is 1.19 bits per heavy atom. The van der Waals surface area contributed by atoms with Gasteiger partial charge in [-0.3, -0.25) is 4.79 Å². The molecule has 1 unspecified atom stereocenters. The summed E-state index contributed by atoms with van der Waals surface area (Å²) in [6.07, 6.45) is 3.18. The van der Waals surface area contributed by atoms with Gasteiger partial charge >= 0.3 is 0 Å². The molecule has 0 bridgehead atoms. The summed E-state index contributed by atoms with van der Waals surface area (Å²) < 4.78 is 0.988. The van der Waals surface area contributed by atoms with Crippen LogP contribution >= 0.6 is 37.5 Å². The second kappa shape index (κ2) is 8.50. The summed E-state index contributed by atoms with van der Waals surface area (Å²) in [5.74, 6) is 1.88. The molecule has 138 valence electrons. The normalized spacial score (nSPS) is 16.4. The average Bonchev–Trinajstić information content (AvgIpc) is 3.15. The zero-order valence-corrected chi connectivity index (χ0v) is 17.5. The van der Waals surface area contributed by atoms with Crippen molar-refractivity contribution >= 4 is 71.5 Å². The molecule has 1 aromatic heterocycles. The number of fused-ring (bicyclic) bond motifs is 1. The Kier molecular flexibility index (Phi) is 5.85. The van der Waals surface area contributed by atoms with Gasteiger partial charge < -0.3 is 10.6 Å². The maximum atomic E-state index is 12.3. The molecule has 0 radical (unpaired) electrons. The van der Waals surface area contributed by atoms with Crippen LogP contribution in [0.3, 0.4) is 0 Å². The maximum Gasteiger partial charge on any atom is 0.225 e. The van der Waals surface area contributed by atoms with Crippen LogP contribution in [0.5, 0.6) is 0 Å². The smallest absolute Gasteiger partial charge is 0.225 e. The van der Waals surface area contributed by atoms with Crippen LogP contribution in [0.4, 0.5) is 17.2 Å². The highest BCUT2D eigenvalue weighted by Crippen LogP contribution is 2.39. The van der Waals surface area contributed by atoms with Crippen molar-refractivity contribution in [1.82, 2.24) is 9.97 Å². The second-order valence-electron chi connectivity index (χ2n) is 6.17. The molecule has 1 saturated heterocycles. The first-order valence-corrected chi connectivity index (χ1v) is 11.7. The number of carbonyl (C=O) groups is 1. The van der Waals surface area contributed by atoms with Crippen molar-refractivity contribution in [3.63, 3.8) is 0 Å². The number of halogens is 1. The Bertz CT molecular complexity index is 979. The Morgan fingerprint density at radius 3 is 2.93 bits per heavy atom. The summed E-state index contributed by atoms with van der Waals surface area (Å²) >= 11 is 3.48. The first-order valence-electron chi connectivity index (χ1n) is 8.53. The van der Waals surface area contributed by atoms with Crippen molar-refractivity contribution in [3.05, 3.63) is 53.3 Å². The predicted octanol–water partition coefficient (Wildman–Crippen LogP) is 5.62. The molecule has 0 aliphatic carbocycles. The number of amides is 1. The standard InChI is InChI=1S/C19H17BrN4OS2/c20-12-2-1-3-13(8-12)24-19-16-9-14(4-5-17(16)21-11-22-19)23-18(25)10-15-6-7-26-27-15/h1-5,8-9,11,15H,6-7,10H2,(H,23,25)(H,21,22,24). The van der Waals surface area contributed by atoms with E-state index in [4.69, 9.17) is 0 Å². The molecule has 2 N–H and O–H groups in total. The topological polar surface area (TPSA) is 66.9 Å². The van der Waals surface area contributed by atoms with Crippen LogP contribution in [0, 0.1) is 0 Å².